The molecule has 0 amide bonds. The molecule has 0 bridgehead atoms. The fourth-order valence-corrected chi connectivity index (χ4v) is 2.77. The van der Waals surface area contributed by atoms with Gasteiger partial charge in [-0.1, -0.05) is 12.8 Å². The molecule has 0 aromatic carbocycles. The van der Waals surface area contributed by atoms with Crippen LogP contribution in [0.1, 0.15) is 61.9 Å². The van der Waals surface area contributed by atoms with Crippen LogP contribution in [0.15, 0.2) is 16.5 Å². The lowest BCUT2D eigenvalue weighted by Gasteiger charge is -2.23. The predicted molar refractivity (Wildman–Crippen MR) is 68.6 cm³/mol. The summed E-state index contributed by atoms with van der Waals surface area (Å²) in [4.78, 5) is 10.8. The van der Waals surface area contributed by atoms with Gasteiger partial charge in [0, 0.05) is 6.04 Å². The molecule has 1 heterocycles. The molecule has 2 atom stereocenters. The molecule has 18 heavy (non-hydrogen) atoms. The number of carboxylic acids is 1. The molecule has 2 N–H and O–H groups in total. The highest BCUT2D eigenvalue weighted by Gasteiger charge is 2.24. The van der Waals surface area contributed by atoms with E-state index in [1.807, 2.05) is 6.92 Å². The second kappa shape index (κ2) is 5.57. The van der Waals surface area contributed by atoms with Crippen LogP contribution in [0.4, 0.5) is 0 Å². The number of rotatable bonds is 5. The van der Waals surface area contributed by atoms with Crippen LogP contribution in [0.2, 0.25) is 0 Å². The van der Waals surface area contributed by atoms with Crippen molar-refractivity contribution in [3.05, 3.63) is 23.7 Å². The normalized spacial score (nSPS) is 19.9. The molecule has 1 fully saturated rings. The van der Waals surface area contributed by atoms with Crippen molar-refractivity contribution in [3.8, 4) is 0 Å². The van der Waals surface area contributed by atoms with E-state index in [-0.39, 0.29) is 11.8 Å². The third kappa shape index (κ3) is 2.93. The Morgan fingerprint density at radius 1 is 1.39 bits per heavy atom. The lowest BCUT2D eigenvalue weighted by Crippen LogP contribution is -2.34. The van der Waals surface area contributed by atoms with Crippen molar-refractivity contribution in [1.29, 1.82) is 0 Å². The van der Waals surface area contributed by atoms with E-state index >= 15 is 0 Å². The molecule has 1 aromatic heterocycles. The molecule has 2 rings (SSSR count). The van der Waals surface area contributed by atoms with Crippen molar-refractivity contribution in [2.75, 3.05) is 0 Å². The molecule has 1 aromatic rings. The van der Waals surface area contributed by atoms with Crippen LogP contribution < -0.4 is 5.32 Å². The molecule has 1 aliphatic rings. The molecule has 0 aliphatic heterocycles. The molecule has 0 radical (unpaired) electrons. The fourth-order valence-electron chi connectivity index (χ4n) is 2.77. The van der Waals surface area contributed by atoms with Gasteiger partial charge in [0.25, 0.3) is 0 Å². The Morgan fingerprint density at radius 3 is 2.61 bits per heavy atom. The van der Waals surface area contributed by atoms with Crippen molar-refractivity contribution in [2.24, 2.45) is 5.92 Å². The molecular weight excluding hydrogens is 230 g/mol. The van der Waals surface area contributed by atoms with Gasteiger partial charge in [0.2, 0.25) is 5.76 Å². The Hall–Kier alpha value is -1.29. The Bertz CT molecular complexity index is 407. The fraction of sp³-hybridized carbons (Fsp3) is 0.643. The number of aromatic carboxylic acids is 1. The van der Waals surface area contributed by atoms with Crippen molar-refractivity contribution in [3.63, 3.8) is 0 Å². The van der Waals surface area contributed by atoms with Gasteiger partial charge in [-0.05, 0) is 44.7 Å². The number of nitrogens with one attached hydrogen (secondary N) is 1. The van der Waals surface area contributed by atoms with Crippen molar-refractivity contribution in [1.82, 2.24) is 5.32 Å². The van der Waals surface area contributed by atoms with Crippen LogP contribution >= 0.6 is 0 Å². The standard InChI is InChI=1S/C14H21NO3/c1-9(11-5-3-4-6-11)15-10(2)12-7-8-13(18-12)14(16)17/h7-11,15H,3-6H2,1-2H3,(H,16,17)/t9-,10?/m1/s1. The van der Waals surface area contributed by atoms with E-state index in [4.69, 9.17) is 9.52 Å². The monoisotopic (exact) mass is 251 g/mol. The first-order chi connectivity index (χ1) is 8.58. The summed E-state index contributed by atoms with van der Waals surface area (Å²) in [6.07, 6.45) is 5.24. The molecule has 1 unspecified atom stereocenters. The topological polar surface area (TPSA) is 62.5 Å². The number of hydrogen-bond acceptors (Lipinski definition) is 3. The summed E-state index contributed by atoms with van der Waals surface area (Å²) >= 11 is 0. The maximum Gasteiger partial charge on any atom is 0.371 e. The highest BCUT2D eigenvalue weighted by Crippen LogP contribution is 2.29. The predicted octanol–water partition coefficient (Wildman–Crippen LogP) is 3.21. The van der Waals surface area contributed by atoms with Crippen LogP contribution in [-0.4, -0.2) is 17.1 Å². The van der Waals surface area contributed by atoms with Gasteiger partial charge in [-0.15, -0.1) is 0 Å². The number of hydrogen-bond donors (Lipinski definition) is 2. The SMILES string of the molecule is CC(N[C@H](C)C1CCCC1)c1ccc(C(=O)O)o1. The van der Waals surface area contributed by atoms with Crippen LogP contribution in [0, 0.1) is 5.92 Å². The second-order valence-corrected chi connectivity index (χ2v) is 5.23. The maximum absolute atomic E-state index is 10.8. The van der Waals surface area contributed by atoms with Gasteiger partial charge in [-0.25, -0.2) is 4.79 Å². The van der Waals surface area contributed by atoms with Crippen LogP contribution in [-0.2, 0) is 0 Å². The highest BCUT2D eigenvalue weighted by molar-refractivity contribution is 5.84. The summed E-state index contributed by atoms with van der Waals surface area (Å²) in [6, 6.07) is 3.74. The summed E-state index contributed by atoms with van der Waals surface area (Å²) in [6.45, 7) is 4.21. The maximum atomic E-state index is 10.8. The summed E-state index contributed by atoms with van der Waals surface area (Å²) in [5, 5.41) is 12.3. The summed E-state index contributed by atoms with van der Waals surface area (Å²) < 4.78 is 5.31. The van der Waals surface area contributed by atoms with E-state index < -0.39 is 5.97 Å². The molecule has 1 aliphatic carbocycles. The third-order valence-electron chi connectivity index (χ3n) is 3.88. The average Bonchev–Trinajstić information content (AvgIpc) is 3.00. The first kappa shape index (κ1) is 13.1. The van der Waals surface area contributed by atoms with Crippen molar-refractivity contribution >= 4 is 5.97 Å². The summed E-state index contributed by atoms with van der Waals surface area (Å²) in [5.74, 6) is 0.420. The minimum absolute atomic E-state index is 0.00664. The molecule has 4 nitrogen and oxygen atoms in total. The van der Waals surface area contributed by atoms with Gasteiger partial charge in [-0.2, -0.15) is 0 Å². The Balaban J connectivity index is 1.93. The number of furan rings is 1. The van der Waals surface area contributed by atoms with Crippen molar-refractivity contribution < 1.29 is 14.3 Å². The largest absolute Gasteiger partial charge is 0.475 e. The molecule has 100 valence electrons. The average molecular weight is 251 g/mol. The zero-order chi connectivity index (χ0) is 13.1. The molecule has 1 saturated carbocycles. The second-order valence-electron chi connectivity index (χ2n) is 5.23. The molecule has 0 saturated heterocycles. The first-order valence-corrected chi connectivity index (χ1v) is 6.67. The van der Waals surface area contributed by atoms with E-state index in [0.29, 0.717) is 11.8 Å². The van der Waals surface area contributed by atoms with Gasteiger partial charge >= 0.3 is 5.97 Å². The zero-order valence-corrected chi connectivity index (χ0v) is 11.0. The number of carboxylic acid groups (broad SMARTS) is 1. The Labute approximate surface area is 107 Å². The molecule has 0 spiro atoms. The highest BCUT2D eigenvalue weighted by atomic mass is 16.4. The minimum atomic E-state index is -1.02. The van der Waals surface area contributed by atoms with Gasteiger partial charge in [0.05, 0.1) is 6.04 Å². The zero-order valence-electron chi connectivity index (χ0n) is 11.0. The van der Waals surface area contributed by atoms with E-state index in [1.54, 1.807) is 6.07 Å². The third-order valence-corrected chi connectivity index (χ3v) is 3.88. The first-order valence-electron chi connectivity index (χ1n) is 6.67. The number of carbonyl (C=O) groups is 1. The Kier molecular flexibility index (Phi) is 4.07. The smallest absolute Gasteiger partial charge is 0.371 e. The lowest BCUT2D eigenvalue weighted by atomic mass is 9.99. The minimum Gasteiger partial charge on any atom is -0.475 e. The Morgan fingerprint density at radius 2 is 2.06 bits per heavy atom. The molecule has 4 heteroatoms. The van der Waals surface area contributed by atoms with Gasteiger partial charge in [-0.3, -0.25) is 0 Å². The quantitative estimate of drug-likeness (QED) is 0.843. The van der Waals surface area contributed by atoms with E-state index in [9.17, 15) is 4.79 Å². The summed E-state index contributed by atoms with van der Waals surface area (Å²) in [7, 11) is 0. The van der Waals surface area contributed by atoms with E-state index in [0.717, 1.165) is 5.92 Å². The van der Waals surface area contributed by atoms with E-state index in [1.165, 1.54) is 31.7 Å². The van der Waals surface area contributed by atoms with Crippen molar-refractivity contribution in [2.45, 2.75) is 51.6 Å². The van der Waals surface area contributed by atoms with Gasteiger partial charge in [0.15, 0.2) is 0 Å². The van der Waals surface area contributed by atoms with Gasteiger partial charge < -0.3 is 14.8 Å². The van der Waals surface area contributed by atoms with Crippen LogP contribution in [0.25, 0.3) is 0 Å². The van der Waals surface area contributed by atoms with Crippen LogP contribution in [0.5, 0.6) is 0 Å². The lowest BCUT2D eigenvalue weighted by molar-refractivity contribution is 0.0659. The summed E-state index contributed by atoms with van der Waals surface area (Å²) in [5.41, 5.74) is 0. The van der Waals surface area contributed by atoms with Gasteiger partial charge in [0.1, 0.15) is 5.76 Å². The van der Waals surface area contributed by atoms with E-state index in [2.05, 4.69) is 12.2 Å². The molecular formula is C14H21NO3. The van der Waals surface area contributed by atoms with Crippen LogP contribution in [0.3, 0.4) is 0 Å².